The highest BCUT2D eigenvalue weighted by Crippen LogP contribution is 2.19. The number of aromatic nitrogens is 1. The van der Waals surface area contributed by atoms with Crippen LogP contribution in [-0.4, -0.2) is 4.57 Å². The fourth-order valence-electron chi connectivity index (χ4n) is 1.53. The van der Waals surface area contributed by atoms with E-state index >= 15 is 0 Å². The van der Waals surface area contributed by atoms with E-state index in [1.54, 1.807) is 0 Å². The highest BCUT2D eigenvalue weighted by molar-refractivity contribution is 5.85. The maximum Gasteiger partial charge on any atom is 0.0524 e. The van der Waals surface area contributed by atoms with Crippen molar-refractivity contribution >= 4 is 17.1 Å². The number of hydrogen-bond acceptors (Lipinski definition) is 0. The first-order chi connectivity index (χ1) is 5.83. The molecule has 0 unspecified atom stereocenters. The molecule has 2 rings (SSSR count). The fraction of sp³-hybridized carbons (Fsp3) is 0.0909. The Hall–Kier alpha value is -1.50. The zero-order valence-electron chi connectivity index (χ0n) is 7.12. The molecule has 1 aromatic carbocycles. The lowest BCUT2D eigenvalue weighted by atomic mass is 10.2. The van der Waals surface area contributed by atoms with Crippen LogP contribution in [0.5, 0.6) is 0 Å². The first-order valence-electron chi connectivity index (χ1n) is 4.01. The first-order valence-corrected chi connectivity index (χ1v) is 4.01. The van der Waals surface area contributed by atoms with E-state index in [0.717, 1.165) is 0 Å². The number of aryl methyl sites for hydroxylation is 1. The van der Waals surface area contributed by atoms with Gasteiger partial charge in [0.15, 0.2) is 0 Å². The molecule has 0 aliphatic heterocycles. The Kier molecular flexibility index (Phi) is 1.51. The minimum atomic E-state index is 1.23. The Morgan fingerprint density at radius 1 is 1.33 bits per heavy atom. The van der Waals surface area contributed by atoms with Crippen molar-refractivity contribution in [3.8, 4) is 0 Å². The van der Waals surface area contributed by atoms with Crippen LogP contribution in [0.3, 0.4) is 0 Å². The van der Waals surface area contributed by atoms with Crippen LogP contribution in [0.2, 0.25) is 0 Å². The van der Waals surface area contributed by atoms with Gasteiger partial charge in [0.25, 0.3) is 0 Å². The number of nitrogens with zero attached hydrogens (tertiary/aromatic N) is 1. The summed E-state index contributed by atoms with van der Waals surface area (Å²) in [5.74, 6) is 0. The number of fused-ring (bicyclic) bond motifs is 1. The van der Waals surface area contributed by atoms with Gasteiger partial charge in [0, 0.05) is 17.8 Å². The summed E-state index contributed by atoms with van der Waals surface area (Å²) >= 11 is 0. The second-order valence-electron chi connectivity index (χ2n) is 2.92. The van der Waals surface area contributed by atoms with Crippen molar-refractivity contribution in [3.05, 3.63) is 42.6 Å². The van der Waals surface area contributed by atoms with Crippen LogP contribution >= 0.6 is 0 Å². The van der Waals surface area contributed by atoms with Gasteiger partial charge in [-0.05, 0) is 18.6 Å². The fourth-order valence-corrected chi connectivity index (χ4v) is 1.53. The van der Waals surface area contributed by atoms with Crippen molar-refractivity contribution in [2.45, 2.75) is 6.92 Å². The summed E-state index contributed by atoms with van der Waals surface area (Å²) in [4.78, 5) is 0. The summed E-state index contributed by atoms with van der Waals surface area (Å²) in [6.07, 6.45) is 3.92. The van der Waals surface area contributed by atoms with E-state index in [0.29, 0.717) is 0 Å². The van der Waals surface area contributed by atoms with Crippen molar-refractivity contribution in [1.29, 1.82) is 0 Å². The molecule has 0 atom stereocenters. The molecule has 0 N–H and O–H groups in total. The molecule has 1 heterocycles. The molecule has 0 saturated heterocycles. The number of hydrogen-bond donors (Lipinski definition) is 0. The molecule has 0 spiro atoms. The minimum absolute atomic E-state index is 1.23. The van der Waals surface area contributed by atoms with Crippen molar-refractivity contribution < 1.29 is 0 Å². The number of para-hydroxylation sites is 1. The smallest absolute Gasteiger partial charge is 0.0524 e. The Labute approximate surface area is 71.9 Å². The van der Waals surface area contributed by atoms with Crippen LogP contribution in [0, 0.1) is 6.92 Å². The molecule has 0 aliphatic carbocycles. The van der Waals surface area contributed by atoms with Gasteiger partial charge in [-0.25, -0.2) is 0 Å². The summed E-state index contributed by atoms with van der Waals surface area (Å²) < 4.78 is 2.05. The molecular formula is C11H11N. The van der Waals surface area contributed by atoms with E-state index in [1.165, 1.54) is 16.5 Å². The van der Waals surface area contributed by atoms with Crippen LogP contribution in [0.15, 0.2) is 37.0 Å². The molecule has 0 fully saturated rings. The Morgan fingerprint density at radius 3 is 2.83 bits per heavy atom. The first kappa shape index (κ1) is 7.17. The minimum Gasteiger partial charge on any atom is -0.324 e. The lowest BCUT2D eigenvalue weighted by Crippen LogP contribution is -1.79. The van der Waals surface area contributed by atoms with Crippen molar-refractivity contribution in [1.82, 2.24) is 4.57 Å². The van der Waals surface area contributed by atoms with E-state index in [4.69, 9.17) is 0 Å². The predicted molar refractivity (Wildman–Crippen MR) is 53.1 cm³/mol. The van der Waals surface area contributed by atoms with Gasteiger partial charge in [-0.2, -0.15) is 0 Å². The predicted octanol–water partition coefficient (Wildman–Crippen LogP) is 3.05. The van der Waals surface area contributed by atoms with E-state index in [1.807, 2.05) is 16.8 Å². The molecular weight excluding hydrogens is 146 g/mol. The number of benzene rings is 1. The van der Waals surface area contributed by atoms with Crippen LogP contribution in [0.25, 0.3) is 17.1 Å². The van der Waals surface area contributed by atoms with Crippen LogP contribution in [0.1, 0.15) is 5.56 Å². The van der Waals surface area contributed by atoms with Crippen LogP contribution in [-0.2, 0) is 0 Å². The lowest BCUT2D eigenvalue weighted by Gasteiger charge is -1.94. The molecule has 0 amide bonds. The molecule has 1 aromatic heterocycles. The van der Waals surface area contributed by atoms with Gasteiger partial charge in [-0.1, -0.05) is 24.8 Å². The standard InChI is InChI=1S/C11H11N/c1-3-12-8-9(2)10-6-4-5-7-11(10)12/h3-8H,1H2,2H3. The van der Waals surface area contributed by atoms with E-state index in [9.17, 15) is 0 Å². The normalized spacial score (nSPS) is 10.4. The van der Waals surface area contributed by atoms with Gasteiger partial charge < -0.3 is 4.57 Å². The quantitative estimate of drug-likeness (QED) is 0.599. The summed E-state index contributed by atoms with van der Waals surface area (Å²) in [5.41, 5.74) is 2.52. The van der Waals surface area contributed by atoms with Crippen LogP contribution in [0.4, 0.5) is 0 Å². The molecule has 0 aliphatic rings. The highest BCUT2D eigenvalue weighted by Gasteiger charge is 2.00. The van der Waals surface area contributed by atoms with E-state index < -0.39 is 0 Å². The van der Waals surface area contributed by atoms with Crippen LogP contribution < -0.4 is 0 Å². The van der Waals surface area contributed by atoms with Gasteiger partial charge in [0.2, 0.25) is 0 Å². The monoisotopic (exact) mass is 157 g/mol. The van der Waals surface area contributed by atoms with Gasteiger partial charge >= 0.3 is 0 Å². The van der Waals surface area contributed by atoms with E-state index in [-0.39, 0.29) is 0 Å². The third kappa shape index (κ3) is 0.866. The summed E-state index contributed by atoms with van der Waals surface area (Å²) in [6, 6.07) is 8.33. The molecule has 0 radical (unpaired) electrons. The molecule has 2 aromatic rings. The third-order valence-electron chi connectivity index (χ3n) is 2.14. The maximum absolute atomic E-state index is 3.76. The Morgan fingerprint density at radius 2 is 2.08 bits per heavy atom. The van der Waals surface area contributed by atoms with Gasteiger partial charge in [0.1, 0.15) is 0 Å². The highest BCUT2D eigenvalue weighted by atomic mass is 14.9. The maximum atomic E-state index is 3.76. The second kappa shape index (κ2) is 2.52. The summed E-state index contributed by atoms with van der Waals surface area (Å²) in [6.45, 7) is 5.87. The molecule has 1 nitrogen and oxygen atoms in total. The van der Waals surface area contributed by atoms with Gasteiger partial charge in [0.05, 0.1) is 5.52 Å². The van der Waals surface area contributed by atoms with Gasteiger partial charge in [-0.3, -0.25) is 0 Å². The Bertz CT molecular complexity index is 423. The van der Waals surface area contributed by atoms with Crippen molar-refractivity contribution in [2.24, 2.45) is 0 Å². The average Bonchev–Trinajstić information content (AvgIpc) is 2.44. The SMILES string of the molecule is C=Cn1cc(C)c2ccccc21. The summed E-state index contributed by atoms with van der Waals surface area (Å²) in [5, 5.41) is 1.30. The summed E-state index contributed by atoms with van der Waals surface area (Å²) in [7, 11) is 0. The zero-order chi connectivity index (χ0) is 8.55. The zero-order valence-corrected chi connectivity index (χ0v) is 7.12. The van der Waals surface area contributed by atoms with E-state index in [2.05, 4.69) is 37.9 Å². The Balaban J connectivity index is 2.91. The third-order valence-corrected chi connectivity index (χ3v) is 2.14. The molecule has 1 heteroatoms. The van der Waals surface area contributed by atoms with Crippen molar-refractivity contribution in [2.75, 3.05) is 0 Å². The molecule has 60 valence electrons. The second-order valence-corrected chi connectivity index (χ2v) is 2.92. The molecule has 0 saturated carbocycles. The topological polar surface area (TPSA) is 4.93 Å². The average molecular weight is 157 g/mol. The lowest BCUT2D eigenvalue weighted by molar-refractivity contribution is 1.22. The van der Waals surface area contributed by atoms with Gasteiger partial charge in [-0.15, -0.1) is 0 Å². The molecule has 12 heavy (non-hydrogen) atoms. The largest absolute Gasteiger partial charge is 0.324 e. The van der Waals surface area contributed by atoms with Crippen molar-refractivity contribution in [3.63, 3.8) is 0 Å². The molecule has 0 bridgehead atoms. The number of rotatable bonds is 1.